The molecule has 1 saturated heterocycles. The predicted molar refractivity (Wildman–Crippen MR) is 97.3 cm³/mol. The first-order chi connectivity index (χ1) is 11.7. The Kier molecular flexibility index (Phi) is 7.12. The van der Waals surface area contributed by atoms with E-state index >= 15 is 0 Å². The largest absolute Gasteiger partial charge is 0.492 e. The van der Waals surface area contributed by atoms with E-state index in [9.17, 15) is 10.1 Å². The van der Waals surface area contributed by atoms with Crippen LogP contribution in [0.25, 0.3) is 0 Å². The fraction of sp³-hybridized carbons (Fsp3) is 0.353. The van der Waals surface area contributed by atoms with E-state index in [1.807, 2.05) is 12.3 Å². The van der Waals surface area contributed by atoms with E-state index in [1.165, 1.54) is 17.7 Å². The number of piperazine rings is 1. The van der Waals surface area contributed by atoms with Crippen molar-refractivity contribution in [1.82, 2.24) is 15.2 Å². The molecule has 1 unspecified atom stereocenters. The van der Waals surface area contributed by atoms with Crippen LogP contribution in [0.15, 0.2) is 48.8 Å². The highest BCUT2D eigenvalue weighted by Crippen LogP contribution is 2.22. The molecule has 2 aromatic rings. The van der Waals surface area contributed by atoms with Crippen LogP contribution in [0.4, 0.5) is 5.69 Å². The van der Waals surface area contributed by atoms with Crippen molar-refractivity contribution in [3.05, 3.63) is 64.5 Å². The molecular weight excluding hydrogens is 344 g/mol. The van der Waals surface area contributed by atoms with Crippen LogP contribution in [0.3, 0.4) is 0 Å². The molecular formula is C17H21ClN4O3. The van der Waals surface area contributed by atoms with Gasteiger partial charge in [0.1, 0.15) is 12.4 Å². The molecule has 7 nitrogen and oxygen atoms in total. The van der Waals surface area contributed by atoms with Gasteiger partial charge in [0.2, 0.25) is 0 Å². The lowest BCUT2D eigenvalue weighted by Crippen LogP contribution is -2.47. The van der Waals surface area contributed by atoms with Crippen molar-refractivity contribution in [3.8, 4) is 5.75 Å². The van der Waals surface area contributed by atoms with E-state index in [-0.39, 0.29) is 24.1 Å². The van der Waals surface area contributed by atoms with Gasteiger partial charge in [0.05, 0.1) is 11.0 Å². The molecule has 0 spiro atoms. The summed E-state index contributed by atoms with van der Waals surface area (Å²) in [5.74, 6) is 0.525. The number of nitro groups is 1. The van der Waals surface area contributed by atoms with Crippen LogP contribution in [0.2, 0.25) is 0 Å². The molecule has 1 aliphatic rings. The Morgan fingerprint density at radius 2 is 2.24 bits per heavy atom. The molecule has 1 aromatic carbocycles. The molecule has 8 heteroatoms. The maximum atomic E-state index is 10.8. The molecule has 2 heterocycles. The lowest BCUT2D eigenvalue weighted by atomic mass is 10.1. The summed E-state index contributed by atoms with van der Waals surface area (Å²) in [5.41, 5.74) is 1.22. The molecule has 1 fully saturated rings. The summed E-state index contributed by atoms with van der Waals surface area (Å²) in [4.78, 5) is 16.9. The number of nitrogens with one attached hydrogen (secondary N) is 1. The quantitative estimate of drug-likeness (QED) is 0.626. The molecule has 0 aliphatic carbocycles. The van der Waals surface area contributed by atoms with Crippen LogP contribution in [-0.2, 0) is 0 Å². The number of hydrogen-bond acceptors (Lipinski definition) is 6. The Bertz CT molecular complexity index is 687. The highest BCUT2D eigenvalue weighted by molar-refractivity contribution is 5.85. The zero-order valence-corrected chi connectivity index (χ0v) is 14.5. The number of aromatic nitrogens is 1. The minimum atomic E-state index is -0.415. The SMILES string of the molecule is Cl.O=[N+]([O-])c1cccc(OCCN2CCNCC2c2cccnc2)c1. The van der Waals surface area contributed by atoms with Crippen LogP contribution < -0.4 is 10.1 Å². The zero-order valence-electron chi connectivity index (χ0n) is 13.7. The predicted octanol–water partition coefficient (Wildman–Crippen LogP) is 2.44. The average Bonchev–Trinajstić information content (AvgIpc) is 2.63. The zero-order chi connectivity index (χ0) is 16.8. The third-order valence-corrected chi connectivity index (χ3v) is 4.10. The first-order valence-electron chi connectivity index (χ1n) is 7.96. The van der Waals surface area contributed by atoms with Crippen molar-refractivity contribution < 1.29 is 9.66 Å². The van der Waals surface area contributed by atoms with E-state index in [4.69, 9.17) is 4.74 Å². The van der Waals surface area contributed by atoms with E-state index < -0.39 is 4.92 Å². The summed E-state index contributed by atoms with van der Waals surface area (Å²) < 4.78 is 5.70. The van der Waals surface area contributed by atoms with Crippen molar-refractivity contribution in [1.29, 1.82) is 0 Å². The number of nitrogens with zero attached hydrogens (tertiary/aromatic N) is 3. The van der Waals surface area contributed by atoms with Crippen molar-refractivity contribution in [3.63, 3.8) is 0 Å². The highest BCUT2D eigenvalue weighted by Gasteiger charge is 2.23. The summed E-state index contributed by atoms with van der Waals surface area (Å²) in [5, 5.41) is 14.2. The molecule has 1 N–H and O–H groups in total. The maximum absolute atomic E-state index is 10.8. The number of hydrogen-bond donors (Lipinski definition) is 1. The van der Waals surface area contributed by atoms with E-state index in [1.54, 1.807) is 18.3 Å². The van der Waals surface area contributed by atoms with Gasteiger partial charge >= 0.3 is 0 Å². The van der Waals surface area contributed by atoms with Gasteiger partial charge in [0, 0.05) is 50.7 Å². The minimum absolute atomic E-state index is 0. The molecule has 0 saturated carbocycles. The molecule has 134 valence electrons. The van der Waals surface area contributed by atoms with Gasteiger partial charge in [0.15, 0.2) is 0 Å². The van der Waals surface area contributed by atoms with Gasteiger partial charge in [-0.25, -0.2) is 0 Å². The Morgan fingerprint density at radius 1 is 1.36 bits per heavy atom. The highest BCUT2D eigenvalue weighted by atomic mass is 35.5. The number of non-ortho nitro benzene ring substituents is 1. The Hall–Kier alpha value is -2.22. The van der Waals surface area contributed by atoms with Gasteiger partial charge < -0.3 is 10.1 Å². The second kappa shape index (κ2) is 9.31. The topological polar surface area (TPSA) is 80.5 Å². The summed E-state index contributed by atoms with van der Waals surface area (Å²) >= 11 is 0. The molecule has 0 bridgehead atoms. The van der Waals surface area contributed by atoms with Crippen molar-refractivity contribution in [2.45, 2.75) is 6.04 Å². The lowest BCUT2D eigenvalue weighted by molar-refractivity contribution is -0.384. The Balaban J connectivity index is 0.00000225. The number of nitro benzene ring substituents is 1. The van der Waals surface area contributed by atoms with Gasteiger partial charge in [-0.05, 0) is 17.7 Å². The first kappa shape index (κ1) is 19.1. The molecule has 0 amide bonds. The fourth-order valence-electron chi connectivity index (χ4n) is 2.88. The standard InChI is InChI=1S/C17H20N4O3.ClH/c22-21(23)15-4-1-5-16(11-15)24-10-9-20-8-7-19-13-17(20)14-3-2-6-18-12-14;/h1-6,11-12,17,19H,7-10,13H2;1H. The molecule has 1 aromatic heterocycles. The van der Waals surface area contributed by atoms with Crippen molar-refractivity contribution in [2.75, 3.05) is 32.8 Å². The summed E-state index contributed by atoms with van der Waals surface area (Å²) in [6, 6.07) is 10.6. The lowest BCUT2D eigenvalue weighted by Gasteiger charge is -2.36. The Labute approximate surface area is 152 Å². The summed E-state index contributed by atoms with van der Waals surface area (Å²) in [7, 11) is 0. The molecule has 1 aliphatic heterocycles. The summed E-state index contributed by atoms with van der Waals surface area (Å²) in [6.07, 6.45) is 3.67. The first-order valence-corrected chi connectivity index (χ1v) is 7.96. The van der Waals surface area contributed by atoms with Gasteiger partial charge in [-0.15, -0.1) is 12.4 Å². The molecule has 25 heavy (non-hydrogen) atoms. The fourth-order valence-corrected chi connectivity index (χ4v) is 2.88. The summed E-state index contributed by atoms with van der Waals surface area (Å²) in [6.45, 7) is 3.98. The van der Waals surface area contributed by atoms with Crippen LogP contribution in [0.1, 0.15) is 11.6 Å². The van der Waals surface area contributed by atoms with Crippen molar-refractivity contribution in [2.24, 2.45) is 0 Å². The van der Waals surface area contributed by atoms with Crippen LogP contribution >= 0.6 is 12.4 Å². The Morgan fingerprint density at radius 3 is 3.00 bits per heavy atom. The monoisotopic (exact) mass is 364 g/mol. The molecule has 1 atom stereocenters. The van der Waals surface area contributed by atoms with E-state index in [2.05, 4.69) is 21.3 Å². The number of halogens is 1. The van der Waals surface area contributed by atoms with Crippen LogP contribution in [0, 0.1) is 10.1 Å². The average molecular weight is 365 g/mol. The maximum Gasteiger partial charge on any atom is 0.273 e. The smallest absolute Gasteiger partial charge is 0.273 e. The minimum Gasteiger partial charge on any atom is -0.492 e. The van der Waals surface area contributed by atoms with Crippen LogP contribution in [-0.4, -0.2) is 47.6 Å². The normalized spacial score (nSPS) is 17.5. The number of benzene rings is 1. The molecule has 3 rings (SSSR count). The third kappa shape index (κ3) is 5.12. The van der Waals surface area contributed by atoms with Crippen LogP contribution in [0.5, 0.6) is 5.75 Å². The van der Waals surface area contributed by atoms with Gasteiger partial charge in [-0.3, -0.25) is 20.0 Å². The van der Waals surface area contributed by atoms with Gasteiger partial charge in [-0.1, -0.05) is 12.1 Å². The number of rotatable bonds is 6. The van der Waals surface area contributed by atoms with Crippen molar-refractivity contribution >= 4 is 18.1 Å². The second-order valence-corrected chi connectivity index (χ2v) is 5.65. The molecule has 0 radical (unpaired) electrons. The second-order valence-electron chi connectivity index (χ2n) is 5.65. The van der Waals surface area contributed by atoms with E-state index in [0.29, 0.717) is 12.4 Å². The number of pyridine rings is 1. The van der Waals surface area contributed by atoms with Gasteiger partial charge in [-0.2, -0.15) is 0 Å². The van der Waals surface area contributed by atoms with Gasteiger partial charge in [0.25, 0.3) is 5.69 Å². The van der Waals surface area contributed by atoms with E-state index in [0.717, 1.165) is 26.2 Å². The third-order valence-electron chi connectivity index (χ3n) is 4.10. The number of ether oxygens (including phenoxy) is 1.